The summed E-state index contributed by atoms with van der Waals surface area (Å²) in [7, 11) is -0.468. The molecule has 2 fully saturated rings. The summed E-state index contributed by atoms with van der Waals surface area (Å²) in [4.78, 5) is 25.3. The van der Waals surface area contributed by atoms with Crippen LogP contribution in [0.5, 0.6) is 0 Å². The van der Waals surface area contributed by atoms with Crippen LogP contribution in [-0.4, -0.2) is 70.7 Å². The monoisotopic (exact) mass is 436 g/mol. The van der Waals surface area contributed by atoms with Crippen molar-refractivity contribution in [3.05, 3.63) is 12.4 Å². The van der Waals surface area contributed by atoms with E-state index in [1.54, 1.807) is 12.4 Å². The predicted molar refractivity (Wildman–Crippen MR) is 120 cm³/mol. The summed E-state index contributed by atoms with van der Waals surface area (Å²) in [5, 5.41) is 0. The zero-order chi connectivity index (χ0) is 22.1. The molecule has 1 aromatic rings. The van der Waals surface area contributed by atoms with E-state index in [2.05, 4.69) is 28.7 Å². The molecule has 0 unspecified atom stereocenters. The number of halogens is 1. The Balaban J connectivity index is 1.69. The number of hydrogen-bond donors (Lipinski definition) is 0. The second-order valence-corrected chi connectivity index (χ2v) is 9.90. The van der Waals surface area contributed by atoms with Crippen molar-refractivity contribution in [3.63, 3.8) is 0 Å². The highest BCUT2D eigenvalue weighted by atomic mass is 35.5. The molecule has 0 N–H and O–H groups in total. The summed E-state index contributed by atoms with van der Waals surface area (Å²) < 4.78 is 12.2. The molecule has 9 heteroatoms. The standard InChI is InChI=1S/C21H34BClN4O3/c1-15(2)27(14-16-8-7-9-26(13-16)18(28)10-23)19-24-11-17(12-25-19)22-29-20(3,4)21(5,6)30-22/h11-12,15-16H,7-10,13-14H2,1-6H3/t16-/m0/s1. The van der Waals surface area contributed by atoms with Gasteiger partial charge in [-0.2, -0.15) is 0 Å². The summed E-state index contributed by atoms with van der Waals surface area (Å²) in [6, 6.07) is 0.242. The number of nitrogens with zero attached hydrogens (tertiary/aromatic N) is 4. The lowest BCUT2D eigenvalue weighted by Crippen LogP contribution is -2.46. The molecule has 3 rings (SSSR count). The fourth-order valence-corrected chi connectivity index (χ4v) is 4.08. The molecule has 1 amide bonds. The number of rotatable bonds is 6. The second-order valence-electron chi connectivity index (χ2n) is 9.63. The Hall–Kier alpha value is -1.38. The van der Waals surface area contributed by atoms with Gasteiger partial charge in [-0.05, 0) is 60.3 Å². The molecule has 0 bridgehead atoms. The molecule has 0 aromatic carbocycles. The molecular weight excluding hydrogens is 403 g/mol. The van der Waals surface area contributed by atoms with Crippen LogP contribution in [0.4, 0.5) is 5.95 Å². The van der Waals surface area contributed by atoms with Crippen LogP contribution in [0.3, 0.4) is 0 Å². The Kier molecular flexibility index (Phi) is 6.99. The summed E-state index contributed by atoms with van der Waals surface area (Å²) in [5.74, 6) is 1.12. The molecular formula is C21H34BClN4O3. The topological polar surface area (TPSA) is 67.8 Å². The van der Waals surface area contributed by atoms with E-state index in [0.717, 1.165) is 37.9 Å². The quantitative estimate of drug-likeness (QED) is 0.504. The molecule has 0 radical (unpaired) electrons. The normalized spacial score (nSPS) is 23.1. The number of alkyl halides is 1. The van der Waals surface area contributed by atoms with E-state index in [4.69, 9.17) is 20.9 Å². The van der Waals surface area contributed by atoms with Crippen molar-refractivity contribution in [1.29, 1.82) is 0 Å². The molecule has 2 saturated heterocycles. The third kappa shape index (κ3) is 4.92. The highest BCUT2D eigenvalue weighted by Gasteiger charge is 2.52. The Morgan fingerprint density at radius 3 is 2.40 bits per heavy atom. The van der Waals surface area contributed by atoms with Crippen molar-refractivity contribution in [3.8, 4) is 0 Å². The third-order valence-electron chi connectivity index (χ3n) is 6.50. The van der Waals surface area contributed by atoms with Crippen LogP contribution in [0, 0.1) is 5.92 Å². The number of aromatic nitrogens is 2. The van der Waals surface area contributed by atoms with E-state index in [9.17, 15) is 4.79 Å². The Labute approximate surface area is 185 Å². The van der Waals surface area contributed by atoms with Crippen LogP contribution in [0.1, 0.15) is 54.4 Å². The highest BCUT2D eigenvalue weighted by Crippen LogP contribution is 2.36. The SMILES string of the molecule is CC(C)N(C[C@H]1CCCN(C(=O)CCl)C1)c1ncc(B2OC(C)(C)C(C)(C)O2)cn1. The summed E-state index contributed by atoms with van der Waals surface area (Å²) >= 11 is 5.75. The first-order valence-electron chi connectivity index (χ1n) is 10.8. The first kappa shape index (κ1) is 23.3. The third-order valence-corrected chi connectivity index (χ3v) is 6.73. The van der Waals surface area contributed by atoms with Crippen molar-refractivity contribution in [2.45, 2.75) is 71.6 Å². The molecule has 2 aliphatic heterocycles. The maximum Gasteiger partial charge on any atom is 0.498 e. The van der Waals surface area contributed by atoms with Crippen molar-refractivity contribution in [1.82, 2.24) is 14.9 Å². The van der Waals surface area contributed by atoms with E-state index in [1.165, 1.54) is 0 Å². The lowest BCUT2D eigenvalue weighted by molar-refractivity contribution is -0.130. The lowest BCUT2D eigenvalue weighted by atomic mass is 9.81. The van der Waals surface area contributed by atoms with Crippen LogP contribution in [0.2, 0.25) is 0 Å². The molecule has 166 valence electrons. The van der Waals surface area contributed by atoms with Gasteiger partial charge in [0.05, 0.1) is 11.2 Å². The number of carbonyl (C=O) groups is 1. The summed E-state index contributed by atoms with van der Waals surface area (Å²) in [6.45, 7) is 14.7. The lowest BCUT2D eigenvalue weighted by Gasteiger charge is -2.37. The van der Waals surface area contributed by atoms with Gasteiger partial charge in [0.25, 0.3) is 0 Å². The molecule has 2 aliphatic rings. The molecule has 1 aromatic heterocycles. The van der Waals surface area contributed by atoms with Crippen LogP contribution in [0.15, 0.2) is 12.4 Å². The summed E-state index contributed by atoms with van der Waals surface area (Å²) in [6.07, 6.45) is 5.68. The van der Waals surface area contributed by atoms with Gasteiger partial charge in [0.15, 0.2) is 0 Å². The van der Waals surface area contributed by atoms with Crippen LogP contribution in [-0.2, 0) is 14.1 Å². The van der Waals surface area contributed by atoms with Crippen molar-refractivity contribution < 1.29 is 14.1 Å². The largest absolute Gasteiger partial charge is 0.498 e. The van der Waals surface area contributed by atoms with Crippen molar-refractivity contribution in [2.24, 2.45) is 5.92 Å². The molecule has 0 aliphatic carbocycles. The maximum absolute atomic E-state index is 12.0. The average molecular weight is 437 g/mol. The number of anilines is 1. The van der Waals surface area contributed by atoms with Crippen LogP contribution < -0.4 is 10.4 Å². The van der Waals surface area contributed by atoms with Gasteiger partial charge in [0.2, 0.25) is 11.9 Å². The maximum atomic E-state index is 12.0. The van der Waals surface area contributed by atoms with E-state index < -0.39 is 18.3 Å². The molecule has 0 saturated carbocycles. The minimum Gasteiger partial charge on any atom is -0.399 e. The van der Waals surface area contributed by atoms with Gasteiger partial charge < -0.3 is 19.1 Å². The van der Waals surface area contributed by atoms with Crippen LogP contribution in [0.25, 0.3) is 0 Å². The van der Waals surface area contributed by atoms with Gasteiger partial charge in [-0.3, -0.25) is 4.79 Å². The van der Waals surface area contributed by atoms with Crippen LogP contribution >= 0.6 is 11.6 Å². The Morgan fingerprint density at radius 1 is 1.27 bits per heavy atom. The molecule has 0 spiro atoms. The number of piperidine rings is 1. The van der Waals surface area contributed by atoms with Gasteiger partial charge in [-0.15, -0.1) is 11.6 Å². The first-order chi connectivity index (χ1) is 14.0. The molecule has 1 atom stereocenters. The van der Waals surface area contributed by atoms with Gasteiger partial charge >= 0.3 is 7.12 Å². The fourth-order valence-electron chi connectivity index (χ4n) is 3.91. The van der Waals surface area contributed by atoms with E-state index in [-0.39, 0.29) is 17.8 Å². The molecule has 3 heterocycles. The van der Waals surface area contributed by atoms with E-state index in [0.29, 0.717) is 11.9 Å². The van der Waals surface area contributed by atoms with Gasteiger partial charge in [0, 0.05) is 43.5 Å². The molecule has 7 nitrogen and oxygen atoms in total. The number of carbonyl (C=O) groups excluding carboxylic acids is 1. The van der Waals surface area contributed by atoms with E-state index >= 15 is 0 Å². The Morgan fingerprint density at radius 2 is 1.87 bits per heavy atom. The smallest absolute Gasteiger partial charge is 0.399 e. The van der Waals surface area contributed by atoms with Crippen molar-refractivity contribution >= 4 is 36.0 Å². The number of amides is 1. The van der Waals surface area contributed by atoms with Gasteiger partial charge in [-0.25, -0.2) is 9.97 Å². The van der Waals surface area contributed by atoms with Gasteiger partial charge in [-0.1, -0.05) is 0 Å². The Bertz CT molecular complexity index is 728. The predicted octanol–water partition coefficient (Wildman–Crippen LogP) is 2.47. The zero-order valence-electron chi connectivity index (χ0n) is 19.0. The minimum atomic E-state index is -0.468. The fraction of sp³-hybridized carbons (Fsp3) is 0.762. The zero-order valence-corrected chi connectivity index (χ0v) is 19.8. The summed E-state index contributed by atoms with van der Waals surface area (Å²) in [5.41, 5.74) is 0.0269. The van der Waals surface area contributed by atoms with E-state index in [1.807, 2.05) is 32.6 Å². The number of likely N-dealkylation sites (tertiary alicyclic amines) is 1. The number of hydrogen-bond acceptors (Lipinski definition) is 6. The highest BCUT2D eigenvalue weighted by molar-refractivity contribution is 6.61. The second kappa shape index (κ2) is 9.01. The van der Waals surface area contributed by atoms with Crippen molar-refractivity contribution in [2.75, 3.05) is 30.4 Å². The minimum absolute atomic E-state index is 0.0143. The molecule has 30 heavy (non-hydrogen) atoms. The average Bonchev–Trinajstić information content (AvgIpc) is 2.93. The van der Waals surface area contributed by atoms with Gasteiger partial charge in [0.1, 0.15) is 5.88 Å². The first-order valence-corrected chi connectivity index (χ1v) is 11.4.